The second-order valence-electron chi connectivity index (χ2n) is 5.16. The average Bonchev–Trinajstić information content (AvgIpc) is 2.91. The lowest BCUT2D eigenvalue weighted by Gasteiger charge is -2.11. The lowest BCUT2D eigenvalue weighted by Crippen LogP contribution is -2.09. The second-order valence-corrected chi connectivity index (χ2v) is 5.16. The molecule has 0 radical (unpaired) electrons. The highest BCUT2D eigenvalue weighted by Crippen LogP contribution is 2.31. The molecular formula is C17H17N3O3. The van der Waals surface area contributed by atoms with E-state index in [0.29, 0.717) is 35.6 Å². The molecule has 6 nitrogen and oxygen atoms in total. The standard InChI is InChI=1S/C17H17N3O3/c1-3-23-15-13-9-18-20(10-12-7-5-4-6-8-12)16(13)19-11(2)14(15)17(21)22/h4-9H,3,10H2,1-2H3,(H,21,22). The van der Waals surface area contributed by atoms with Crippen LogP contribution in [0.4, 0.5) is 0 Å². The number of carboxylic acids is 1. The number of pyridine rings is 1. The van der Waals surface area contributed by atoms with Gasteiger partial charge in [0.05, 0.1) is 30.4 Å². The summed E-state index contributed by atoms with van der Waals surface area (Å²) in [4.78, 5) is 15.9. The molecule has 0 bridgehead atoms. The number of rotatable bonds is 5. The molecule has 23 heavy (non-hydrogen) atoms. The highest BCUT2D eigenvalue weighted by molar-refractivity contribution is 5.99. The Labute approximate surface area is 133 Å². The van der Waals surface area contributed by atoms with E-state index in [2.05, 4.69) is 10.1 Å². The summed E-state index contributed by atoms with van der Waals surface area (Å²) in [6, 6.07) is 9.91. The van der Waals surface area contributed by atoms with E-state index < -0.39 is 5.97 Å². The molecule has 0 spiro atoms. The zero-order chi connectivity index (χ0) is 16.4. The van der Waals surface area contributed by atoms with Crippen molar-refractivity contribution >= 4 is 17.0 Å². The summed E-state index contributed by atoms with van der Waals surface area (Å²) in [5.41, 5.74) is 2.24. The Hall–Kier alpha value is -2.89. The van der Waals surface area contributed by atoms with Crippen LogP contribution in [0.2, 0.25) is 0 Å². The molecule has 0 saturated carbocycles. The first-order chi connectivity index (χ1) is 11.1. The number of benzene rings is 1. The molecule has 1 N–H and O–H groups in total. The SMILES string of the molecule is CCOc1c(C(=O)O)c(C)nc2c1cnn2Cc1ccccc1. The van der Waals surface area contributed by atoms with Crippen molar-refractivity contribution in [2.24, 2.45) is 0 Å². The van der Waals surface area contributed by atoms with Crippen molar-refractivity contribution in [1.29, 1.82) is 0 Å². The van der Waals surface area contributed by atoms with Crippen LogP contribution in [0, 0.1) is 6.92 Å². The van der Waals surface area contributed by atoms with Gasteiger partial charge in [-0.05, 0) is 19.4 Å². The first-order valence-electron chi connectivity index (χ1n) is 7.38. The molecule has 0 amide bonds. The minimum absolute atomic E-state index is 0.0959. The smallest absolute Gasteiger partial charge is 0.341 e. The van der Waals surface area contributed by atoms with E-state index in [9.17, 15) is 9.90 Å². The van der Waals surface area contributed by atoms with Crippen LogP contribution >= 0.6 is 0 Å². The molecular weight excluding hydrogens is 294 g/mol. The van der Waals surface area contributed by atoms with E-state index >= 15 is 0 Å². The van der Waals surface area contributed by atoms with Gasteiger partial charge >= 0.3 is 5.97 Å². The fraction of sp³-hybridized carbons (Fsp3) is 0.235. The molecule has 0 atom stereocenters. The third-order valence-electron chi connectivity index (χ3n) is 3.60. The van der Waals surface area contributed by atoms with Crippen LogP contribution < -0.4 is 4.74 Å². The van der Waals surface area contributed by atoms with Crippen molar-refractivity contribution < 1.29 is 14.6 Å². The second kappa shape index (κ2) is 6.08. The highest BCUT2D eigenvalue weighted by atomic mass is 16.5. The van der Waals surface area contributed by atoms with Crippen molar-refractivity contribution in [1.82, 2.24) is 14.8 Å². The van der Waals surface area contributed by atoms with Gasteiger partial charge in [0.15, 0.2) is 5.65 Å². The normalized spacial score (nSPS) is 10.9. The number of aryl methyl sites for hydroxylation is 1. The summed E-state index contributed by atoms with van der Waals surface area (Å²) < 4.78 is 7.34. The lowest BCUT2D eigenvalue weighted by atomic mass is 10.1. The van der Waals surface area contributed by atoms with Crippen molar-refractivity contribution in [3.8, 4) is 5.75 Å². The molecule has 0 saturated heterocycles. The van der Waals surface area contributed by atoms with Gasteiger partial charge in [-0.15, -0.1) is 0 Å². The third-order valence-corrected chi connectivity index (χ3v) is 3.60. The molecule has 3 aromatic rings. The number of aromatic nitrogens is 3. The third kappa shape index (κ3) is 2.75. The summed E-state index contributed by atoms with van der Waals surface area (Å²) in [6.07, 6.45) is 1.61. The van der Waals surface area contributed by atoms with Crippen LogP contribution in [-0.4, -0.2) is 32.4 Å². The Morgan fingerprint density at radius 3 is 2.70 bits per heavy atom. The van der Waals surface area contributed by atoms with E-state index in [1.165, 1.54) is 0 Å². The Morgan fingerprint density at radius 2 is 2.04 bits per heavy atom. The molecule has 1 aromatic carbocycles. The number of carboxylic acid groups (broad SMARTS) is 1. The van der Waals surface area contributed by atoms with Crippen molar-refractivity contribution in [2.75, 3.05) is 6.61 Å². The molecule has 6 heteroatoms. The van der Waals surface area contributed by atoms with E-state index in [0.717, 1.165) is 5.56 Å². The number of nitrogens with zero attached hydrogens (tertiary/aromatic N) is 3. The van der Waals surface area contributed by atoms with E-state index in [-0.39, 0.29) is 5.56 Å². The number of ether oxygens (including phenoxy) is 1. The van der Waals surface area contributed by atoms with Gasteiger partial charge in [-0.1, -0.05) is 30.3 Å². The number of fused-ring (bicyclic) bond motifs is 1. The van der Waals surface area contributed by atoms with E-state index in [1.807, 2.05) is 37.3 Å². The van der Waals surface area contributed by atoms with Crippen molar-refractivity contribution in [2.45, 2.75) is 20.4 Å². The van der Waals surface area contributed by atoms with Gasteiger partial charge in [0.1, 0.15) is 11.3 Å². The zero-order valence-electron chi connectivity index (χ0n) is 13.0. The van der Waals surface area contributed by atoms with Crippen LogP contribution in [0.1, 0.15) is 28.5 Å². The monoisotopic (exact) mass is 311 g/mol. The highest BCUT2D eigenvalue weighted by Gasteiger charge is 2.22. The molecule has 3 rings (SSSR count). The van der Waals surface area contributed by atoms with Crippen molar-refractivity contribution in [3.05, 3.63) is 53.3 Å². The topological polar surface area (TPSA) is 77.2 Å². The van der Waals surface area contributed by atoms with Gasteiger partial charge in [-0.2, -0.15) is 5.10 Å². The van der Waals surface area contributed by atoms with Gasteiger partial charge in [0, 0.05) is 0 Å². The Bertz CT molecular complexity index is 856. The predicted molar refractivity (Wildman–Crippen MR) is 85.9 cm³/mol. The number of hydrogen-bond donors (Lipinski definition) is 1. The summed E-state index contributed by atoms with van der Waals surface area (Å²) >= 11 is 0. The Kier molecular flexibility index (Phi) is 3.97. The number of hydrogen-bond acceptors (Lipinski definition) is 4. The minimum atomic E-state index is -1.05. The fourth-order valence-electron chi connectivity index (χ4n) is 2.59. The maximum absolute atomic E-state index is 11.5. The van der Waals surface area contributed by atoms with Crippen LogP contribution in [0.15, 0.2) is 36.5 Å². The molecule has 0 unspecified atom stereocenters. The number of aromatic carboxylic acids is 1. The molecule has 0 aliphatic heterocycles. The summed E-state index contributed by atoms with van der Waals surface area (Å²) in [5.74, 6) is -0.710. The van der Waals surface area contributed by atoms with Gasteiger partial charge in [0.25, 0.3) is 0 Å². The molecule has 2 heterocycles. The molecule has 0 aliphatic rings. The summed E-state index contributed by atoms with van der Waals surface area (Å²) in [7, 11) is 0. The minimum Gasteiger partial charge on any atom is -0.492 e. The average molecular weight is 311 g/mol. The zero-order valence-corrected chi connectivity index (χ0v) is 13.0. The molecule has 2 aromatic heterocycles. The van der Waals surface area contributed by atoms with Crippen LogP contribution in [0.3, 0.4) is 0 Å². The molecule has 0 aliphatic carbocycles. The Morgan fingerprint density at radius 1 is 1.30 bits per heavy atom. The van der Waals surface area contributed by atoms with Crippen LogP contribution in [0.5, 0.6) is 5.75 Å². The Balaban J connectivity index is 2.15. The molecule has 0 fully saturated rings. The van der Waals surface area contributed by atoms with Gasteiger partial charge < -0.3 is 9.84 Å². The van der Waals surface area contributed by atoms with Gasteiger partial charge in [-0.25, -0.2) is 14.5 Å². The van der Waals surface area contributed by atoms with Crippen molar-refractivity contribution in [3.63, 3.8) is 0 Å². The summed E-state index contributed by atoms with van der Waals surface area (Å²) in [6.45, 7) is 4.43. The first kappa shape index (κ1) is 15.0. The summed E-state index contributed by atoms with van der Waals surface area (Å²) in [5, 5.41) is 14.4. The largest absolute Gasteiger partial charge is 0.492 e. The molecule has 118 valence electrons. The van der Waals surface area contributed by atoms with Crippen LogP contribution in [-0.2, 0) is 6.54 Å². The number of carbonyl (C=O) groups is 1. The fourth-order valence-corrected chi connectivity index (χ4v) is 2.59. The predicted octanol–water partition coefficient (Wildman–Crippen LogP) is 2.88. The van der Waals surface area contributed by atoms with Gasteiger partial charge in [0.2, 0.25) is 0 Å². The van der Waals surface area contributed by atoms with E-state index in [4.69, 9.17) is 4.74 Å². The maximum Gasteiger partial charge on any atom is 0.341 e. The first-order valence-corrected chi connectivity index (χ1v) is 7.38. The lowest BCUT2D eigenvalue weighted by molar-refractivity contribution is 0.0691. The van der Waals surface area contributed by atoms with E-state index in [1.54, 1.807) is 17.8 Å². The van der Waals surface area contributed by atoms with Gasteiger partial charge in [-0.3, -0.25) is 0 Å². The quantitative estimate of drug-likeness (QED) is 0.784. The maximum atomic E-state index is 11.5. The van der Waals surface area contributed by atoms with Crippen LogP contribution in [0.25, 0.3) is 11.0 Å².